The molecule has 0 bridgehead atoms. The molecule has 0 radical (unpaired) electrons. The van der Waals surface area contributed by atoms with Gasteiger partial charge >= 0.3 is 0 Å². The van der Waals surface area contributed by atoms with Gasteiger partial charge in [-0.1, -0.05) is 22.0 Å². The van der Waals surface area contributed by atoms with Crippen molar-refractivity contribution in [3.05, 3.63) is 40.4 Å². The van der Waals surface area contributed by atoms with E-state index in [0.717, 1.165) is 17.3 Å². The van der Waals surface area contributed by atoms with Crippen molar-refractivity contribution >= 4 is 31.9 Å². The van der Waals surface area contributed by atoms with E-state index in [1.807, 2.05) is 0 Å². The number of nitrogens with zero attached hydrogens (tertiary/aromatic N) is 1. The highest BCUT2D eigenvalue weighted by molar-refractivity contribution is 9.10. The lowest BCUT2D eigenvalue weighted by Gasteiger charge is -2.25. The summed E-state index contributed by atoms with van der Waals surface area (Å²) in [7, 11) is -3.50. The van der Waals surface area contributed by atoms with Crippen LogP contribution in [0.4, 0.5) is 0 Å². The van der Waals surface area contributed by atoms with E-state index in [0.29, 0.717) is 24.6 Å². The number of hydrogen-bond acceptors (Lipinski definition) is 3. The van der Waals surface area contributed by atoms with E-state index in [9.17, 15) is 13.2 Å². The number of hydrogen-bond donors (Lipinski definition) is 1. The van der Waals surface area contributed by atoms with Gasteiger partial charge in [0.05, 0.1) is 4.90 Å². The molecule has 1 fully saturated rings. The van der Waals surface area contributed by atoms with Gasteiger partial charge in [-0.2, -0.15) is 4.31 Å². The normalized spacial score (nSPS) is 19.6. The second-order valence-electron chi connectivity index (χ2n) is 5.54. The number of rotatable bonds is 4. The Morgan fingerprint density at radius 1 is 1.23 bits per heavy atom. The fourth-order valence-electron chi connectivity index (χ4n) is 2.34. The highest BCUT2D eigenvalue weighted by atomic mass is 79.9. The summed E-state index contributed by atoms with van der Waals surface area (Å²) in [6.45, 7) is 0.578. The summed E-state index contributed by atoms with van der Waals surface area (Å²) in [5, 5.41) is 2.93. The maximum Gasteiger partial charge on any atom is 0.247 e. The van der Waals surface area contributed by atoms with E-state index >= 15 is 0 Å². The lowest BCUT2D eigenvalue weighted by atomic mass is 10.1. The zero-order valence-corrected chi connectivity index (χ0v) is 14.4. The summed E-state index contributed by atoms with van der Waals surface area (Å²) < 4.78 is 27.3. The van der Waals surface area contributed by atoms with Crippen molar-refractivity contribution in [2.45, 2.75) is 30.2 Å². The molecule has 1 aromatic rings. The summed E-state index contributed by atoms with van der Waals surface area (Å²) in [5.41, 5.74) is 0.689. The minimum atomic E-state index is -3.50. The first-order chi connectivity index (χ1) is 10.5. The van der Waals surface area contributed by atoms with Crippen LogP contribution in [0.2, 0.25) is 0 Å². The molecular formula is C15H17BrN2O3S. The van der Waals surface area contributed by atoms with E-state index < -0.39 is 10.0 Å². The summed E-state index contributed by atoms with van der Waals surface area (Å²) in [4.78, 5) is 12.2. The Balaban J connectivity index is 1.70. The van der Waals surface area contributed by atoms with Gasteiger partial charge in [0.1, 0.15) is 0 Å². The van der Waals surface area contributed by atoms with Crippen molar-refractivity contribution in [2.75, 3.05) is 13.1 Å². The molecule has 1 aliphatic heterocycles. The topological polar surface area (TPSA) is 66.5 Å². The minimum Gasteiger partial charge on any atom is -0.350 e. The van der Waals surface area contributed by atoms with Crippen molar-refractivity contribution in [2.24, 2.45) is 0 Å². The summed E-state index contributed by atoms with van der Waals surface area (Å²) in [5.74, 6) is -0.0526. The molecular weight excluding hydrogens is 368 g/mol. The molecule has 1 heterocycles. The van der Waals surface area contributed by atoms with Gasteiger partial charge in [0.2, 0.25) is 15.9 Å². The average Bonchev–Trinajstić information content (AvgIpc) is 3.32. The molecule has 22 heavy (non-hydrogen) atoms. The van der Waals surface area contributed by atoms with E-state index in [-0.39, 0.29) is 17.3 Å². The Labute approximate surface area is 138 Å². The van der Waals surface area contributed by atoms with Crippen LogP contribution >= 0.6 is 15.9 Å². The van der Waals surface area contributed by atoms with Crippen molar-refractivity contribution in [3.8, 4) is 0 Å². The second-order valence-corrected chi connectivity index (χ2v) is 8.40. The Hall–Kier alpha value is -1.18. The minimum absolute atomic E-state index is 0.0526. The number of amides is 1. The molecule has 1 saturated carbocycles. The van der Waals surface area contributed by atoms with Gasteiger partial charge < -0.3 is 5.32 Å². The van der Waals surface area contributed by atoms with E-state index in [1.54, 1.807) is 30.3 Å². The third kappa shape index (κ3) is 3.42. The van der Waals surface area contributed by atoms with Crippen LogP contribution in [-0.2, 0) is 14.8 Å². The highest BCUT2D eigenvalue weighted by Crippen LogP contribution is 2.23. The molecule has 7 heteroatoms. The van der Waals surface area contributed by atoms with Crippen LogP contribution in [0.15, 0.2) is 45.3 Å². The van der Waals surface area contributed by atoms with Crippen molar-refractivity contribution in [1.82, 2.24) is 9.62 Å². The van der Waals surface area contributed by atoms with E-state index in [2.05, 4.69) is 21.2 Å². The Kier molecular flexibility index (Phi) is 4.38. The van der Waals surface area contributed by atoms with Gasteiger partial charge in [0.15, 0.2) is 0 Å². The first kappa shape index (κ1) is 15.7. The maximum atomic E-state index is 12.5. The smallest absolute Gasteiger partial charge is 0.247 e. The average molecular weight is 385 g/mol. The van der Waals surface area contributed by atoms with E-state index in [1.165, 1.54) is 4.31 Å². The standard InChI is InChI=1S/C15H17BrN2O3S/c16-12-1-5-14(6-2-12)22(20,21)18-9-7-11(8-10-18)15(19)17-13-3-4-13/h1-2,5-7,13H,3-4,8-10H2,(H,17,19). The molecule has 0 atom stereocenters. The van der Waals surface area contributed by atoms with Crippen LogP contribution in [0.25, 0.3) is 0 Å². The number of carbonyl (C=O) groups excluding carboxylic acids is 1. The largest absolute Gasteiger partial charge is 0.350 e. The second kappa shape index (κ2) is 6.14. The zero-order valence-electron chi connectivity index (χ0n) is 12.0. The number of halogens is 1. The fraction of sp³-hybridized carbons (Fsp3) is 0.400. The fourth-order valence-corrected chi connectivity index (χ4v) is 3.98. The number of carbonyl (C=O) groups is 1. The van der Waals surface area contributed by atoms with Crippen LogP contribution in [0.3, 0.4) is 0 Å². The van der Waals surface area contributed by atoms with Gasteiger partial charge in [-0.3, -0.25) is 4.79 Å². The van der Waals surface area contributed by atoms with E-state index in [4.69, 9.17) is 0 Å². The maximum absolute atomic E-state index is 12.5. The third-order valence-corrected chi connectivity index (χ3v) is 6.24. The van der Waals surface area contributed by atoms with Crippen LogP contribution in [0, 0.1) is 0 Å². The molecule has 2 aliphatic rings. The molecule has 0 spiro atoms. The summed E-state index contributed by atoms with van der Waals surface area (Å²) >= 11 is 3.29. The molecule has 5 nitrogen and oxygen atoms in total. The summed E-state index contributed by atoms with van der Waals surface area (Å²) in [6, 6.07) is 6.90. The van der Waals surface area contributed by atoms with Gasteiger partial charge in [-0.25, -0.2) is 8.42 Å². The van der Waals surface area contributed by atoms with Gasteiger partial charge in [0, 0.05) is 29.2 Å². The Morgan fingerprint density at radius 3 is 2.45 bits per heavy atom. The third-order valence-electron chi connectivity index (χ3n) is 3.83. The molecule has 1 N–H and O–H groups in total. The Morgan fingerprint density at radius 2 is 1.91 bits per heavy atom. The molecule has 0 unspecified atom stereocenters. The highest BCUT2D eigenvalue weighted by Gasteiger charge is 2.29. The quantitative estimate of drug-likeness (QED) is 0.863. The number of nitrogens with one attached hydrogen (secondary N) is 1. The zero-order chi connectivity index (χ0) is 15.7. The van der Waals surface area contributed by atoms with Crippen LogP contribution in [0.1, 0.15) is 19.3 Å². The SMILES string of the molecule is O=C(NC1CC1)C1=CCN(S(=O)(=O)c2ccc(Br)cc2)CC1. The van der Waals surface area contributed by atoms with Crippen molar-refractivity contribution in [3.63, 3.8) is 0 Å². The summed E-state index contributed by atoms with van der Waals surface area (Å²) in [6.07, 6.45) is 4.26. The van der Waals surface area contributed by atoms with Crippen LogP contribution in [0.5, 0.6) is 0 Å². The van der Waals surface area contributed by atoms with Crippen LogP contribution < -0.4 is 5.32 Å². The molecule has 1 aromatic carbocycles. The molecule has 1 aliphatic carbocycles. The van der Waals surface area contributed by atoms with Gasteiger partial charge in [-0.05, 0) is 43.5 Å². The first-order valence-corrected chi connectivity index (χ1v) is 9.46. The molecule has 0 saturated heterocycles. The predicted octanol–water partition coefficient (Wildman–Crippen LogP) is 2.05. The lowest BCUT2D eigenvalue weighted by molar-refractivity contribution is -0.117. The van der Waals surface area contributed by atoms with Crippen LogP contribution in [-0.4, -0.2) is 37.8 Å². The molecule has 0 aromatic heterocycles. The van der Waals surface area contributed by atoms with Crippen molar-refractivity contribution in [1.29, 1.82) is 0 Å². The monoisotopic (exact) mass is 384 g/mol. The number of benzene rings is 1. The molecule has 1 amide bonds. The molecule has 118 valence electrons. The van der Waals surface area contributed by atoms with Gasteiger partial charge in [0.25, 0.3) is 0 Å². The Bertz CT molecular complexity index is 709. The van der Waals surface area contributed by atoms with Gasteiger partial charge in [-0.15, -0.1) is 0 Å². The number of sulfonamides is 1. The van der Waals surface area contributed by atoms with Crippen molar-refractivity contribution < 1.29 is 13.2 Å². The first-order valence-electron chi connectivity index (χ1n) is 7.22. The predicted molar refractivity (Wildman–Crippen MR) is 86.8 cm³/mol. The lowest BCUT2D eigenvalue weighted by Crippen LogP contribution is -2.37. The molecule has 3 rings (SSSR count).